The molecule has 0 spiro atoms. The zero-order valence-electron chi connectivity index (χ0n) is 17.4. The van der Waals surface area contributed by atoms with Crippen LogP contribution in [0.25, 0.3) is 0 Å². The molecule has 0 radical (unpaired) electrons. The molecular weight excluding hydrogens is 448 g/mol. The van der Waals surface area contributed by atoms with Crippen molar-refractivity contribution in [2.45, 2.75) is 24.0 Å². The van der Waals surface area contributed by atoms with Crippen LogP contribution in [-0.4, -0.2) is 28.1 Å². The van der Waals surface area contributed by atoms with Crippen molar-refractivity contribution < 1.29 is 19.5 Å². The summed E-state index contributed by atoms with van der Waals surface area (Å²) in [4.78, 5) is 37.2. The van der Waals surface area contributed by atoms with Crippen molar-refractivity contribution in [1.82, 2.24) is 0 Å². The molecule has 0 aliphatic rings. The lowest BCUT2D eigenvalue weighted by molar-refractivity contribution is -0.115. The van der Waals surface area contributed by atoms with E-state index in [2.05, 4.69) is 10.6 Å². The fraction of sp³-hybridized carbons (Fsp3) is 0.125. The molecule has 3 aromatic carbocycles. The second-order valence-corrected chi connectivity index (χ2v) is 8.81. The number of anilines is 2. The number of benzene rings is 3. The van der Waals surface area contributed by atoms with Crippen molar-refractivity contribution in [1.29, 1.82) is 0 Å². The van der Waals surface area contributed by atoms with E-state index in [1.165, 1.54) is 23.9 Å². The number of aromatic carboxylic acids is 1. The summed E-state index contributed by atoms with van der Waals surface area (Å²) in [5.41, 5.74) is 2.03. The Morgan fingerprint density at radius 3 is 2.22 bits per heavy atom. The van der Waals surface area contributed by atoms with E-state index in [0.29, 0.717) is 16.4 Å². The number of carboxylic acids is 1. The van der Waals surface area contributed by atoms with Gasteiger partial charge < -0.3 is 15.7 Å². The summed E-state index contributed by atoms with van der Waals surface area (Å²) in [6.45, 7) is 3.65. The normalized spacial score (nSPS) is 11.5. The smallest absolute Gasteiger partial charge is 0.336 e. The van der Waals surface area contributed by atoms with Crippen LogP contribution in [0.5, 0.6) is 0 Å². The molecule has 0 aliphatic heterocycles. The minimum atomic E-state index is -1.16. The number of carbonyl (C=O) groups is 3. The van der Waals surface area contributed by atoms with Crippen LogP contribution in [0.2, 0.25) is 5.02 Å². The average molecular weight is 469 g/mol. The minimum Gasteiger partial charge on any atom is -0.478 e. The number of carbonyl (C=O) groups excluding carboxylic acids is 2. The summed E-state index contributed by atoms with van der Waals surface area (Å²) in [7, 11) is 0. The van der Waals surface area contributed by atoms with Gasteiger partial charge in [-0.1, -0.05) is 29.8 Å². The molecule has 3 aromatic rings. The Morgan fingerprint density at radius 1 is 0.906 bits per heavy atom. The third-order valence-electron chi connectivity index (χ3n) is 4.72. The third-order valence-corrected chi connectivity index (χ3v) is 6.24. The maximum absolute atomic E-state index is 12.6. The average Bonchev–Trinajstić information content (AvgIpc) is 2.78. The molecule has 164 valence electrons. The molecule has 0 aromatic heterocycles. The summed E-state index contributed by atoms with van der Waals surface area (Å²) in [6.07, 6.45) is 0. The Labute approximate surface area is 195 Å². The number of nitrogens with one attached hydrogen (secondary N) is 2. The predicted octanol–water partition coefficient (Wildman–Crippen LogP) is 5.72. The van der Waals surface area contributed by atoms with Crippen LogP contribution in [-0.2, 0) is 4.79 Å². The second-order valence-electron chi connectivity index (χ2n) is 6.99. The van der Waals surface area contributed by atoms with Crippen molar-refractivity contribution in [3.63, 3.8) is 0 Å². The van der Waals surface area contributed by atoms with Crippen LogP contribution in [0.15, 0.2) is 71.6 Å². The number of carboxylic acid groups (broad SMARTS) is 1. The van der Waals surface area contributed by atoms with Gasteiger partial charge >= 0.3 is 5.97 Å². The highest BCUT2D eigenvalue weighted by Gasteiger charge is 2.17. The van der Waals surface area contributed by atoms with Crippen molar-refractivity contribution in [2.24, 2.45) is 0 Å². The van der Waals surface area contributed by atoms with Gasteiger partial charge in [-0.3, -0.25) is 9.59 Å². The number of rotatable bonds is 7. The van der Waals surface area contributed by atoms with E-state index in [4.69, 9.17) is 11.6 Å². The van der Waals surface area contributed by atoms with Crippen molar-refractivity contribution >= 4 is 52.5 Å². The highest BCUT2D eigenvalue weighted by Crippen LogP contribution is 2.28. The Hall–Kier alpha value is -3.29. The molecule has 0 bridgehead atoms. The van der Waals surface area contributed by atoms with Gasteiger partial charge in [-0.2, -0.15) is 0 Å². The summed E-state index contributed by atoms with van der Waals surface area (Å²) < 4.78 is 0. The van der Waals surface area contributed by atoms with Crippen LogP contribution in [0.3, 0.4) is 0 Å². The van der Waals surface area contributed by atoms with Crippen LogP contribution in [0.1, 0.15) is 33.2 Å². The number of halogens is 1. The van der Waals surface area contributed by atoms with E-state index in [1.54, 1.807) is 61.5 Å². The van der Waals surface area contributed by atoms with Crippen molar-refractivity contribution in [2.75, 3.05) is 10.6 Å². The maximum atomic E-state index is 12.6. The van der Waals surface area contributed by atoms with E-state index in [9.17, 15) is 19.5 Å². The predicted molar refractivity (Wildman–Crippen MR) is 128 cm³/mol. The van der Waals surface area contributed by atoms with E-state index >= 15 is 0 Å². The SMILES string of the molecule is Cc1c(Cl)cccc1NC(=O)C(C)Sc1ccc(NC(=O)c2ccccc2C(=O)O)cc1. The molecule has 6 nitrogen and oxygen atoms in total. The lowest BCUT2D eigenvalue weighted by Gasteiger charge is -2.14. The summed E-state index contributed by atoms with van der Waals surface area (Å²) in [6, 6.07) is 18.4. The summed E-state index contributed by atoms with van der Waals surface area (Å²) in [5.74, 6) is -1.82. The van der Waals surface area contributed by atoms with Crippen LogP contribution < -0.4 is 10.6 Å². The van der Waals surface area contributed by atoms with Gasteiger partial charge in [-0.25, -0.2) is 4.79 Å². The Morgan fingerprint density at radius 2 is 1.56 bits per heavy atom. The molecule has 0 saturated heterocycles. The first-order valence-corrected chi connectivity index (χ1v) is 11.0. The zero-order chi connectivity index (χ0) is 23.3. The molecule has 2 amide bonds. The Balaban J connectivity index is 1.62. The molecule has 3 rings (SSSR count). The summed E-state index contributed by atoms with van der Waals surface area (Å²) in [5, 5.41) is 15.1. The van der Waals surface area contributed by atoms with Gasteiger partial charge in [0.05, 0.1) is 16.4 Å². The molecule has 1 atom stereocenters. The quantitative estimate of drug-likeness (QED) is 0.385. The van der Waals surface area contributed by atoms with E-state index < -0.39 is 11.9 Å². The highest BCUT2D eigenvalue weighted by molar-refractivity contribution is 8.00. The molecule has 0 saturated carbocycles. The van der Waals surface area contributed by atoms with Gasteiger partial charge in [0.2, 0.25) is 5.91 Å². The lowest BCUT2D eigenvalue weighted by atomic mass is 10.1. The molecule has 0 heterocycles. The number of amides is 2. The first-order valence-electron chi connectivity index (χ1n) is 9.72. The molecule has 1 unspecified atom stereocenters. The van der Waals surface area contributed by atoms with Gasteiger partial charge in [0, 0.05) is 21.3 Å². The zero-order valence-corrected chi connectivity index (χ0v) is 19.0. The standard InChI is InChI=1S/C24H21ClN2O4S/c1-14-20(25)8-5-9-21(14)27-22(28)15(2)32-17-12-10-16(11-13-17)26-23(29)18-6-3-4-7-19(18)24(30)31/h3-13,15H,1-2H3,(H,26,29)(H,27,28)(H,30,31). The van der Waals surface area contributed by atoms with E-state index in [-0.39, 0.29) is 22.3 Å². The Kier molecular flexibility index (Phi) is 7.56. The number of hydrogen-bond acceptors (Lipinski definition) is 4. The number of thioether (sulfide) groups is 1. The van der Waals surface area contributed by atoms with Gasteiger partial charge in [0.15, 0.2) is 0 Å². The molecule has 3 N–H and O–H groups in total. The largest absolute Gasteiger partial charge is 0.478 e. The fourth-order valence-electron chi connectivity index (χ4n) is 2.92. The minimum absolute atomic E-state index is 0.0630. The first kappa shape index (κ1) is 23.4. The van der Waals surface area contributed by atoms with Gasteiger partial charge in [-0.15, -0.1) is 11.8 Å². The third kappa shape index (κ3) is 5.69. The maximum Gasteiger partial charge on any atom is 0.336 e. The topological polar surface area (TPSA) is 95.5 Å². The molecule has 0 aliphatic carbocycles. The van der Waals surface area contributed by atoms with Crippen molar-refractivity contribution in [3.8, 4) is 0 Å². The van der Waals surface area contributed by atoms with Crippen LogP contribution in [0, 0.1) is 6.92 Å². The van der Waals surface area contributed by atoms with Crippen LogP contribution >= 0.6 is 23.4 Å². The van der Waals surface area contributed by atoms with Gasteiger partial charge in [0.25, 0.3) is 5.91 Å². The molecular formula is C24H21ClN2O4S. The van der Waals surface area contributed by atoms with E-state index in [1.807, 2.05) is 6.92 Å². The van der Waals surface area contributed by atoms with Crippen molar-refractivity contribution in [3.05, 3.63) is 88.4 Å². The molecule has 8 heteroatoms. The first-order chi connectivity index (χ1) is 15.3. The number of hydrogen-bond donors (Lipinski definition) is 3. The Bertz CT molecular complexity index is 1160. The molecule has 0 fully saturated rings. The second kappa shape index (κ2) is 10.3. The molecule has 32 heavy (non-hydrogen) atoms. The van der Waals surface area contributed by atoms with E-state index in [0.717, 1.165) is 10.5 Å². The monoisotopic (exact) mass is 468 g/mol. The van der Waals surface area contributed by atoms with Gasteiger partial charge in [0.1, 0.15) is 0 Å². The van der Waals surface area contributed by atoms with Crippen LogP contribution in [0.4, 0.5) is 11.4 Å². The van der Waals surface area contributed by atoms with Gasteiger partial charge in [-0.05, 0) is 67.9 Å². The highest BCUT2D eigenvalue weighted by atomic mass is 35.5. The summed E-state index contributed by atoms with van der Waals surface area (Å²) >= 11 is 7.48. The lowest BCUT2D eigenvalue weighted by Crippen LogP contribution is -2.22. The fourth-order valence-corrected chi connectivity index (χ4v) is 3.96.